The molecule has 11 heteroatoms. The Morgan fingerprint density at radius 2 is 1.64 bits per heavy atom. The number of rotatable bonds is 9. The summed E-state index contributed by atoms with van der Waals surface area (Å²) < 4.78 is 0. The number of carboxylic acids is 1. The van der Waals surface area contributed by atoms with E-state index in [9.17, 15) is 24.3 Å². The highest BCUT2D eigenvalue weighted by Gasteiger charge is 2.28. The Morgan fingerprint density at radius 3 is 2.00 bits per heavy atom. The number of aliphatic hydroxyl groups excluding tert-OH is 1. The van der Waals surface area contributed by atoms with Gasteiger partial charge in [0.1, 0.15) is 18.1 Å². The van der Waals surface area contributed by atoms with Crippen LogP contribution in [-0.2, 0) is 19.2 Å². The molecule has 0 aromatic heterocycles. The van der Waals surface area contributed by atoms with Gasteiger partial charge in [-0.15, -0.1) is 0 Å². The summed E-state index contributed by atoms with van der Waals surface area (Å²) >= 11 is 3.88. The fourth-order valence-electron chi connectivity index (χ4n) is 1.35. The molecule has 0 saturated heterocycles. The van der Waals surface area contributed by atoms with Crippen LogP contribution in [0.25, 0.3) is 0 Å². The van der Waals surface area contributed by atoms with E-state index < -0.39 is 54.3 Å². The van der Waals surface area contributed by atoms with Crippen molar-refractivity contribution in [2.75, 3.05) is 5.75 Å². The molecule has 0 fully saturated rings. The number of carbonyl (C=O) groups is 4. The number of nitrogens with one attached hydrogen (secondary N) is 2. The number of carbonyl (C=O) groups excluding carboxylic acids is 3. The van der Waals surface area contributed by atoms with Crippen LogP contribution in [-0.4, -0.2) is 63.9 Å². The van der Waals surface area contributed by atoms with Crippen molar-refractivity contribution in [3.8, 4) is 0 Å². The van der Waals surface area contributed by atoms with Crippen molar-refractivity contribution in [3.05, 3.63) is 0 Å². The van der Waals surface area contributed by atoms with E-state index in [0.717, 1.165) is 0 Å². The number of thiol groups is 1. The SMILES string of the molecule is CC(O)C(N)C(=O)NC(CS)C(=O)NC(CC(N)=O)C(=O)O. The van der Waals surface area contributed by atoms with Gasteiger partial charge < -0.3 is 32.3 Å². The number of hydrogen-bond donors (Lipinski definition) is 7. The third kappa shape index (κ3) is 6.74. The second-order valence-corrected chi connectivity index (χ2v) is 4.95. The highest BCUT2D eigenvalue weighted by molar-refractivity contribution is 7.80. The molecule has 0 aromatic carbocycles. The first-order valence-electron chi connectivity index (χ1n) is 6.26. The van der Waals surface area contributed by atoms with Crippen molar-refractivity contribution in [1.82, 2.24) is 10.6 Å². The zero-order valence-electron chi connectivity index (χ0n) is 11.9. The summed E-state index contributed by atoms with van der Waals surface area (Å²) in [7, 11) is 0. The summed E-state index contributed by atoms with van der Waals surface area (Å²) in [6, 6.07) is -3.96. The molecular formula is C11H20N4O6S. The highest BCUT2D eigenvalue weighted by atomic mass is 32.1. The van der Waals surface area contributed by atoms with Gasteiger partial charge in [0.05, 0.1) is 12.5 Å². The highest BCUT2D eigenvalue weighted by Crippen LogP contribution is 1.97. The largest absolute Gasteiger partial charge is 0.480 e. The van der Waals surface area contributed by atoms with Crippen LogP contribution in [0.5, 0.6) is 0 Å². The molecule has 4 atom stereocenters. The first kappa shape index (κ1) is 20.1. The Labute approximate surface area is 132 Å². The molecule has 0 spiro atoms. The Morgan fingerprint density at radius 1 is 1.14 bits per heavy atom. The van der Waals surface area contributed by atoms with Crippen molar-refractivity contribution in [2.45, 2.75) is 37.6 Å². The van der Waals surface area contributed by atoms with Gasteiger partial charge in [-0.3, -0.25) is 14.4 Å². The van der Waals surface area contributed by atoms with Crippen molar-refractivity contribution < 1.29 is 29.4 Å². The second kappa shape index (κ2) is 9.23. The van der Waals surface area contributed by atoms with Crippen LogP contribution in [0.4, 0.5) is 0 Å². The molecule has 8 N–H and O–H groups in total. The van der Waals surface area contributed by atoms with Crippen LogP contribution in [0.15, 0.2) is 0 Å². The molecule has 0 bridgehead atoms. The van der Waals surface area contributed by atoms with Gasteiger partial charge in [0.25, 0.3) is 0 Å². The van der Waals surface area contributed by atoms with E-state index in [1.54, 1.807) is 0 Å². The summed E-state index contributed by atoms with van der Waals surface area (Å²) in [5.74, 6) is -4.17. The van der Waals surface area contributed by atoms with Gasteiger partial charge in [0, 0.05) is 5.75 Å². The number of hydrogen-bond acceptors (Lipinski definition) is 7. The molecule has 0 saturated carbocycles. The molecule has 0 heterocycles. The third-order valence-electron chi connectivity index (χ3n) is 2.66. The van der Waals surface area contributed by atoms with Gasteiger partial charge in [-0.1, -0.05) is 0 Å². The molecular weight excluding hydrogens is 316 g/mol. The minimum atomic E-state index is -1.52. The van der Waals surface area contributed by atoms with E-state index in [2.05, 4.69) is 23.3 Å². The van der Waals surface area contributed by atoms with E-state index in [-0.39, 0.29) is 5.75 Å². The maximum Gasteiger partial charge on any atom is 0.326 e. The van der Waals surface area contributed by atoms with Crippen LogP contribution < -0.4 is 22.1 Å². The van der Waals surface area contributed by atoms with E-state index >= 15 is 0 Å². The van der Waals surface area contributed by atoms with Gasteiger partial charge in [-0.25, -0.2) is 4.79 Å². The van der Waals surface area contributed by atoms with Crippen molar-refractivity contribution in [1.29, 1.82) is 0 Å². The molecule has 0 rings (SSSR count). The number of amides is 3. The molecule has 22 heavy (non-hydrogen) atoms. The number of aliphatic carboxylic acids is 1. The second-order valence-electron chi connectivity index (χ2n) is 4.58. The Kier molecular flexibility index (Phi) is 8.45. The van der Waals surface area contributed by atoms with Crippen LogP contribution in [0, 0.1) is 0 Å². The van der Waals surface area contributed by atoms with Crippen LogP contribution >= 0.6 is 12.6 Å². The predicted octanol–water partition coefficient (Wildman–Crippen LogP) is -3.45. The molecule has 126 valence electrons. The fourth-order valence-corrected chi connectivity index (χ4v) is 1.61. The molecule has 0 aliphatic rings. The van der Waals surface area contributed by atoms with Crippen LogP contribution in [0.1, 0.15) is 13.3 Å². The zero-order chi connectivity index (χ0) is 17.4. The zero-order valence-corrected chi connectivity index (χ0v) is 12.7. The van der Waals surface area contributed by atoms with E-state index in [1.807, 2.05) is 0 Å². The molecule has 4 unspecified atom stereocenters. The smallest absolute Gasteiger partial charge is 0.326 e. The molecule has 0 aliphatic carbocycles. The summed E-state index contributed by atoms with van der Waals surface area (Å²) in [5.41, 5.74) is 10.3. The first-order valence-corrected chi connectivity index (χ1v) is 6.89. The normalized spacial score (nSPS) is 16.0. The number of carboxylic acid groups (broad SMARTS) is 1. The maximum absolute atomic E-state index is 11.9. The standard InChI is InChI=1S/C11H20N4O6S/c1-4(16)8(13)10(19)15-6(3-22)9(18)14-5(11(20)21)2-7(12)17/h4-6,8,16,22H,2-3,13H2,1H3,(H2,12,17)(H,14,18)(H,15,19)(H,20,21). The van der Waals surface area contributed by atoms with Gasteiger partial charge in [0.15, 0.2) is 0 Å². The van der Waals surface area contributed by atoms with Crippen LogP contribution in [0.3, 0.4) is 0 Å². The Balaban J connectivity index is 4.80. The van der Waals surface area contributed by atoms with Crippen LogP contribution in [0.2, 0.25) is 0 Å². The van der Waals surface area contributed by atoms with E-state index in [0.29, 0.717) is 0 Å². The fraction of sp³-hybridized carbons (Fsp3) is 0.636. The molecule has 3 amide bonds. The number of aliphatic hydroxyl groups is 1. The van der Waals surface area contributed by atoms with Gasteiger partial charge >= 0.3 is 5.97 Å². The number of primary amides is 1. The molecule has 10 nitrogen and oxygen atoms in total. The summed E-state index contributed by atoms with van der Waals surface area (Å²) in [5, 5.41) is 22.4. The van der Waals surface area contributed by atoms with E-state index in [4.69, 9.17) is 16.6 Å². The van der Waals surface area contributed by atoms with E-state index in [1.165, 1.54) is 6.92 Å². The summed E-state index contributed by atoms with van der Waals surface area (Å²) in [6.45, 7) is 1.30. The predicted molar refractivity (Wildman–Crippen MR) is 78.8 cm³/mol. The van der Waals surface area contributed by atoms with Crippen molar-refractivity contribution >= 4 is 36.3 Å². The van der Waals surface area contributed by atoms with Crippen molar-refractivity contribution in [3.63, 3.8) is 0 Å². The average molecular weight is 336 g/mol. The third-order valence-corrected chi connectivity index (χ3v) is 3.02. The summed E-state index contributed by atoms with van der Waals surface area (Å²) in [6.07, 6.45) is -1.73. The lowest BCUT2D eigenvalue weighted by atomic mass is 10.1. The van der Waals surface area contributed by atoms with Gasteiger partial charge in [0.2, 0.25) is 17.7 Å². The van der Waals surface area contributed by atoms with Crippen molar-refractivity contribution in [2.24, 2.45) is 11.5 Å². The summed E-state index contributed by atoms with van der Waals surface area (Å²) in [4.78, 5) is 45.2. The molecule has 0 aromatic rings. The van der Waals surface area contributed by atoms with Gasteiger partial charge in [-0.05, 0) is 6.92 Å². The maximum atomic E-state index is 11.9. The molecule has 0 radical (unpaired) electrons. The monoisotopic (exact) mass is 336 g/mol. The first-order chi connectivity index (χ1) is 10.1. The minimum absolute atomic E-state index is 0.146. The quantitative estimate of drug-likeness (QED) is 0.213. The minimum Gasteiger partial charge on any atom is -0.480 e. The Bertz CT molecular complexity index is 444. The molecule has 0 aliphatic heterocycles. The lowest BCUT2D eigenvalue weighted by Gasteiger charge is -2.22. The Hall–Kier alpha value is -1.85. The number of nitrogens with two attached hydrogens (primary N) is 2. The lowest BCUT2D eigenvalue weighted by molar-refractivity contribution is -0.143. The topological polar surface area (TPSA) is 185 Å². The average Bonchev–Trinajstić information content (AvgIpc) is 2.41. The van der Waals surface area contributed by atoms with Gasteiger partial charge in [-0.2, -0.15) is 12.6 Å². The lowest BCUT2D eigenvalue weighted by Crippen LogP contribution is -2.57.